The van der Waals surface area contributed by atoms with Gasteiger partial charge < -0.3 is 16.4 Å². The maximum absolute atomic E-state index is 11.9. The van der Waals surface area contributed by atoms with Crippen molar-refractivity contribution in [3.05, 3.63) is 4.88 Å². The highest BCUT2D eigenvalue weighted by Gasteiger charge is 2.17. The Bertz CT molecular complexity index is 403. The lowest BCUT2D eigenvalue weighted by Gasteiger charge is -2.09. The zero-order valence-corrected chi connectivity index (χ0v) is 12.2. The SMILES string of the molecule is CCC(C)NC(=O)c1sc(NCC(C)C)nc1N. The average Bonchev–Trinajstić information content (AvgIpc) is 2.67. The summed E-state index contributed by atoms with van der Waals surface area (Å²) in [6.45, 7) is 9.03. The molecule has 0 saturated carbocycles. The first kappa shape index (κ1) is 14.8. The first-order chi connectivity index (χ1) is 8.43. The van der Waals surface area contributed by atoms with E-state index in [1.807, 2.05) is 13.8 Å². The fourth-order valence-electron chi connectivity index (χ4n) is 1.25. The molecule has 0 aliphatic rings. The van der Waals surface area contributed by atoms with E-state index in [-0.39, 0.29) is 11.9 Å². The van der Waals surface area contributed by atoms with Crippen LogP contribution in [-0.4, -0.2) is 23.5 Å². The van der Waals surface area contributed by atoms with E-state index in [4.69, 9.17) is 5.73 Å². The number of nitrogen functional groups attached to an aromatic ring is 1. The monoisotopic (exact) mass is 270 g/mol. The molecule has 0 fully saturated rings. The molecule has 0 aliphatic heterocycles. The standard InChI is InChI=1S/C12H22N4OS/c1-5-8(4)15-11(17)9-10(13)16-12(18-9)14-6-7(2)3/h7-8H,5-6,13H2,1-4H3,(H,14,16)(H,15,17). The molecule has 5 nitrogen and oxygen atoms in total. The second kappa shape index (κ2) is 6.58. The van der Waals surface area contributed by atoms with Gasteiger partial charge in [-0.1, -0.05) is 32.1 Å². The van der Waals surface area contributed by atoms with E-state index >= 15 is 0 Å². The smallest absolute Gasteiger partial charge is 0.265 e. The van der Waals surface area contributed by atoms with Crippen LogP contribution in [0.4, 0.5) is 10.9 Å². The Hall–Kier alpha value is -1.30. The molecule has 4 N–H and O–H groups in total. The van der Waals surface area contributed by atoms with Crippen molar-refractivity contribution in [1.29, 1.82) is 0 Å². The normalized spacial score (nSPS) is 12.5. The van der Waals surface area contributed by atoms with E-state index in [2.05, 4.69) is 29.5 Å². The number of amides is 1. The van der Waals surface area contributed by atoms with Gasteiger partial charge in [0.25, 0.3) is 5.91 Å². The molecule has 1 atom stereocenters. The van der Waals surface area contributed by atoms with Crippen LogP contribution in [0.25, 0.3) is 0 Å². The third-order valence-electron chi connectivity index (χ3n) is 2.51. The van der Waals surface area contributed by atoms with Crippen molar-refractivity contribution >= 4 is 28.2 Å². The van der Waals surface area contributed by atoms with Gasteiger partial charge in [-0.15, -0.1) is 0 Å². The Morgan fingerprint density at radius 2 is 2.11 bits per heavy atom. The first-order valence-corrected chi connectivity index (χ1v) is 7.06. The summed E-state index contributed by atoms with van der Waals surface area (Å²) < 4.78 is 0. The van der Waals surface area contributed by atoms with E-state index < -0.39 is 0 Å². The maximum atomic E-state index is 11.9. The van der Waals surface area contributed by atoms with Crippen LogP contribution in [-0.2, 0) is 0 Å². The van der Waals surface area contributed by atoms with E-state index in [0.717, 1.165) is 13.0 Å². The molecule has 0 radical (unpaired) electrons. The van der Waals surface area contributed by atoms with Crippen LogP contribution >= 0.6 is 11.3 Å². The van der Waals surface area contributed by atoms with Crippen LogP contribution in [0.5, 0.6) is 0 Å². The molecule has 1 unspecified atom stereocenters. The number of nitrogens with zero attached hydrogens (tertiary/aromatic N) is 1. The summed E-state index contributed by atoms with van der Waals surface area (Å²) >= 11 is 1.30. The van der Waals surface area contributed by atoms with Crippen molar-refractivity contribution in [2.75, 3.05) is 17.6 Å². The molecule has 1 aromatic rings. The average molecular weight is 270 g/mol. The van der Waals surface area contributed by atoms with Crippen molar-refractivity contribution < 1.29 is 4.79 Å². The molecule has 102 valence electrons. The van der Waals surface area contributed by atoms with Crippen molar-refractivity contribution in [1.82, 2.24) is 10.3 Å². The summed E-state index contributed by atoms with van der Waals surface area (Å²) in [6.07, 6.45) is 0.892. The van der Waals surface area contributed by atoms with Crippen molar-refractivity contribution in [3.63, 3.8) is 0 Å². The van der Waals surface area contributed by atoms with Gasteiger partial charge in [0, 0.05) is 12.6 Å². The highest BCUT2D eigenvalue weighted by Crippen LogP contribution is 2.25. The zero-order valence-electron chi connectivity index (χ0n) is 11.4. The second-order valence-electron chi connectivity index (χ2n) is 4.79. The molecule has 1 heterocycles. The Labute approximate surface area is 112 Å². The summed E-state index contributed by atoms with van der Waals surface area (Å²) in [6, 6.07) is 0.145. The summed E-state index contributed by atoms with van der Waals surface area (Å²) in [7, 11) is 0. The van der Waals surface area contributed by atoms with Crippen LogP contribution in [0.1, 0.15) is 43.8 Å². The first-order valence-electron chi connectivity index (χ1n) is 6.25. The van der Waals surface area contributed by atoms with Gasteiger partial charge in [-0.2, -0.15) is 0 Å². The van der Waals surface area contributed by atoms with Crippen LogP contribution in [0.15, 0.2) is 0 Å². The van der Waals surface area contributed by atoms with Crippen molar-refractivity contribution in [2.24, 2.45) is 5.92 Å². The molecule has 0 saturated heterocycles. The zero-order chi connectivity index (χ0) is 13.7. The number of hydrogen-bond donors (Lipinski definition) is 3. The second-order valence-corrected chi connectivity index (χ2v) is 5.79. The van der Waals surface area contributed by atoms with Gasteiger partial charge in [0.05, 0.1) is 0 Å². The number of carbonyl (C=O) groups is 1. The number of thiazole rings is 1. The van der Waals surface area contributed by atoms with Crippen LogP contribution in [0.2, 0.25) is 0 Å². The van der Waals surface area contributed by atoms with Gasteiger partial charge in [-0.25, -0.2) is 4.98 Å². The Morgan fingerprint density at radius 3 is 2.67 bits per heavy atom. The Kier molecular flexibility index (Phi) is 5.40. The summed E-state index contributed by atoms with van der Waals surface area (Å²) in [5, 5.41) is 6.77. The summed E-state index contributed by atoms with van der Waals surface area (Å²) in [5.41, 5.74) is 5.76. The Balaban J connectivity index is 2.69. The van der Waals surface area contributed by atoms with Gasteiger partial charge >= 0.3 is 0 Å². The number of rotatable bonds is 6. The quantitative estimate of drug-likeness (QED) is 0.741. The minimum absolute atomic E-state index is 0.142. The molecule has 0 bridgehead atoms. The number of anilines is 2. The molecule has 1 aromatic heterocycles. The van der Waals surface area contributed by atoms with E-state index in [9.17, 15) is 4.79 Å². The minimum Gasteiger partial charge on any atom is -0.382 e. The predicted molar refractivity (Wildman–Crippen MR) is 77.1 cm³/mol. The van der Waals surface area contributed by atoms with Gasteiger partial charge in [-0.05, 0) is 19.3 Å². The summed E-state index contributed by atoms with van der Waals surface area (Å²) in [4.78, 5) is 16.6. The molecule has 0 aromatic carbocycles. The highest BCUT2D eigenvalue weighted by molar-refractivity contribution is 7.18. The van der Waals surface area contributed by atoms with Gasteiger partial charge in [-0.3, -0.25) is 4.79 Å². The highest BCUT2D eigenvalue weighted by atomic mass is 32.1. The predicted octanol–water partition coefficient (Wildman–Crippen LogP) is 2.32. The third kappa shape index (κ3) is 4.18. The molecular weight excluding hydrogens is 248 g/mol. The minimum atomic E-state index is -0.142. The van der Waals surface area contributed by atoms with E-state index in [0.29, 0.717) is 21.7 Å². The third-order valence-corrected chi connectivity index (χ3v) is 3.54. The lowest BCUT2D eigenvalue weighted by Crippen LogP contribution is -2.31. The number of aromatic nitrogens is 1. The largest absolute Gasteiger partial charge is 0.382 e. The van der Waals surface area contributed by atoms with Crippen LogP contribution in [0, 0.1) is 5.92 Å². The molecule has 0 spiro atoms. The molecule has 1 amide bonds. The number of carbonyl (C=O) groups excluding carboxylic acids is 1. The van der Waals surface area contributed by atoms with Gasteiger partial charge in [0.1, 0.15) is 10.7 Å². The number of hydrogen-bond acceptors (Lipinski definition) is 5. The Morgan fingerprint density at radius 1 is 1.44 bits per heavy atom. The number of nitrogens with one attached hydrogen (secondary N) is 2. The molecule has 1 rings (SSSR count). The lowest BCUT2D eigenvalue weighted by molar-refractivity contribution is 0.0944. The molecule has 6 heteroatoms. The van der Waals surface area contributed by atoms with Crippen LogP contribution in [0.3, 0.4) is 0 Å². The fraction of sp³-hybridized carbons (Fsp3) is 0.667. The van der Waals surface area contributed by atoms with E-state index in [1.165, 1.54) is 11.3 Å². The lowest BCUT2D eigenvalue weighted by atomic mass is 10.2. The number of nitrogens with two attached hydrogens (primary N) is 1. The molecule has 0 aliphatic carbocycles. The molecule has 18 heavy (non-hydrogen) atoms. The summed E-state index contributed by atoms with van der Waals surface area (Å²) in [5.74, 6) is 0.677. The maximum Gasteiger partial charge on any atom is 0.265 e. The van der Waals surface area contributed by atoms with E-state index in [1.54, 1.807) is 0 Å². The fourth-order valence-corrected chi connectivity index (χ4v) is 2.05. The van der Waals surface area contributed by atoms with Crippen molar-refractivity contribution in [3.8, 4) is 0 Å². The molecular formula is C12H22N4OS. The van der Waals surface area contributed by atoms with Gasteiger partial charge in [0.15, 0.2) is 5.13 Å². The van der Waals surface area contributed by atoms with Crippen LogP contribution < -0.4 is 16.4 Å². The van der Waals surface area contributed by atoms with Gasteiger partial charge in [0.2, 0.25) is 0 Å². The topological polar surface area (TPSA) is 80.0 Å². The van der Waals surface area contributed by atoms with Crippen molar-refractivity contribution in [2.45, 2.75) is 40.2 Å².